The zero-order valence-corrected chi connectivity index (χ0v) is 10.7. The Morgan fingerprint density at radius 2 is 1.95 bits per heavy atom. The monoisotopic (exact) mass is 303 g/mol. The molecule has 1 aliphatic rings. The summed E-state index contributed by atoms with van der Waals surface area (Å²) in [6.45, 7) is 0.500. The van der Waals surface area contributed by atoms with Crippen LogP contribution in [0.3, 0.4) is 0 Å². The molecule has 1 aromatic carbocycles. The molecule has 1 atom stereocenters. The third kappa shape index (κ3) is 3.56. The van der Waals surface area contributed by atoms with Crippen LogP contribution in [0.5, 0.6) is 5.75 Å². The van der Waals surface area contributed by atoms with E-state index >= 15 is 0 Å². The number of carbonyl (C=O) groups is 2. The second kappa shape index (κ2) is 5.51. The molecule has 9 heteroatoms. The summed E-state index contributed by atoms with van der Waals surface area (Å²) in [6, 6.07) is 2.98. The number of halogens is 3. The van der Waals surface area contributed by atoms with Crippen molar-refractivity contribution in [3.63, 3.8) is 0 Å². The van der Waals surface area contributed by atoms with E-state index in [4.69, 9.17) is 5.73 Å². The van der Waals surface area contributed by atoms with E-state index in [0.29, 0.717) is 5.56 Å². The van der Waals surface area contributed by atoms with E-state index in [9.17, 15) is 22.8 Å². The van der Waals surface area contributed by atoms with Gasteiger partial charge in [0.05, 0.1) is 0 Å². The third-order valence-corrected chi connectivity index (χ3v) is 2.92. The van der Waals surface area contributed by atoms with E-state index < -0.39 is 30.1 Å². The van der Waals surface area contributed by atoms with Crippen LogP contribution in [0.25, 0.3) is 0 Å². The summed E-state index contributed by atoms with van der Waals surface area (Å²) >= 11 is 0. The predicted octanol–water partition coefficient (Wildman–Crippen LogP) is 1.14. The number of nitrogens with one attached hydrogen (secondary N) is 1. The number of nitrogens with two attached hydrogens (primary N) is 1. The Bertz CT molecular complexity index is 545. The molecule has 6 nitrogen and oxygen atoms in total. The van der Waals surface area contributed by atoms with Crippen molar-refractivity contribution in [1.82, 2.24) is 10.2 Å². The number of amides is 3. The van der Waals surface area contributed by atoms with Gasteiger partial charge in [0.15, 0.2) is 0 Å². The van der Waals surface area contributed by atoms with Crippen molar-refractivity contribution in [2.75, 3.05) is 13.1 Å². The van der Waals surface area contributed by atoms with Gasteiger partial charge in [0, 0.05) is 13.1 Å². The summed E-state index contributed by atoms with van der Waals surface area (Å²) in [4.78, 5) is 24.3. The minimum Gasteiger partial charge on any atom is -0.406 e. The lowest BCUT2D eigenvalue weighted by Gasteiger charge is -2.34. The van der Waals surface area contributed by atoms with Gasteiger partial charge in [0.2, 0.25) is 5.91 Å². The van der Waals surface area contributed by atoms with Crippen molar-refractivity contribution in [1.29, 1.82) is 0 Å². The van der Waals surface area contributed by atoms with E-state index in [1.54, 1.807) is 0 Å². The number of rotatable bonds is 2. The fourth-order valence-electron chi connectivity index (χ4n) is 2.09. The smallest absolute Gasteiger partial charge is 0.406 e. The van der Waals surface area contributed by atoms with Crippen LogP contribution >= 0.6 is 0 Å². The average molecular weight is 303 g/mol. The molecule has 21 heavy (non-hydrogen) atoms. The maximum absolute atomic E-state index is 12.1. The van der Waals surface area contributed by atoms with Crippen molar-refractivity contribution < 1.29 is 27.5 Å². The molecule has 1 saturated heterocycles. The number of hydrogen-bond donors (Lipinski definition) is 2. The van der Waals surface area contributed by atoms with Gasteiger partial charge in [0.1, 0.15) is 11.8 Å². The van der Waals surface area contributed by atoms with Gasteiger partial charge in [-0.25, -0.2) is 4.79 Å². The summed E-state index contributed by atoms with van der Waals surface area (Å²) < 4.78 is 40.0. The quantitative estimate of drug-likeness (QED) is 0.859. The Labute approximate surface area is 117 Å². The number of primary amides is 1. The van der Waals surface area contributed by atoms with Crippen LogP contribution in [0.2, 0.25) is 0 Å². The van der Waals surface area contributed by atoms with Gasteiger partial charge in [-0.1, -0.05) is 12.1 Å². The molecule has 3 amide bonds. The molecule has 0 spiro atoms. The van der Waals surface area contributed by atoms with Crippen LogP contribution in [0.15, 0.2) is 24.3 Å². The van der Waals surface area contributed by atoms with Crippen LogP contribution in [0, 0.1) is 0 Å². The highest BCUT2D eigenvalue weighted by Gasteiger charge is 2.34. The number of hydrogen-bond acceptors (Lipinski definition) is 3. The van der Waals surface area contributed by atoms with Gasteiger partial charge in [-0.05, 0) is 17.7 Å². The van der Waals surface area contributed by atoms with Crippen molar-refractivity contribution in [2.24, 2.45) is 5.73 Å². The molecule has 3 N–H and O–H groups in total. The zero-order chi connectivity index (χ0) is 15.6. The van der Waals surface area contributed by atoms with Crippen molar-refractivity contribution in [3.8, 4) is 5.75 Å². The van der Waals surface area contributed by atoms with E-state index in [-0.39, 0.29) is 13.1 Å². The van der Waals surface area contributed by atoms with E-state index in [1.165, 1.54) is 12.1 Å². The molecule has 0 saturated carbocycles. The number of alkyl halides is 3. The van der Waals surface area contributed by atoms with Gasteiger partial charge in [-0.15, -0.1) is 13.2 Å². The van der Waals surface area contributed by atoms with Crippen molar-refractivity contribution in [3.05, 3.63) is 29.8 Å². The van der Waals surface area contributed by atoms with E-state index in [0.717, 1.165) is 17.0 Å². The number of nitrogens with zero attached hydrogens (tertiary/aromatic N) is 1. The number of benzene rings is 1. The van der Waals surface area contributed by atoms with Crippen molar-refractivity contribution in [2.45, 2.75) is 12.4 Å². The fraction of sp³-hybridized carbons (Fsp3) is 0.333. The lowest BCUT2D eigenvalue weighted by atomic mass is 10.0. The Kier molecular flexibility index (Phi) is 3.92. The molecule has 0 radical (unpaired) electrons. The molecule has 1 aliphatic heterocycles. The van der Waals surface area contributed by atoms with Gasteiger partial charge in [0.25, 0.3) is 0 Å². The molecule has 0 bridgehead atoms. The predicted molar refractivity (Wildman–Crippen MR) is 65.2 cm³/mol. The molecule has 1 aromatic rings. The number of carbonyl (C=O) groups excluding carboxylic acids is 2. The number of urea groups is 1. The van der Waals surface area contributed by atoms with Crippen LogP contribution in [0.4, 0.5) is 18.0 Å². The Morgan fingerprint density at radius 1 is 1.33 bits per heavy atom. The van der Waals surface area contributed by atoms with Crippen molar-refractivity contribution >= 4 is 11.9 Å². The molecule has 1 unspecified atom stereocenters. The number of ether oxygens (including phenoxy) is 1. The summed E-state index contributed by atoms with van der Waals surface area (Å²) in [5.41, 5.74) is 5.55. The molecule has 1 fully saturated rings. The Morgan fingerprint density at radius 3 is 2.48 bits per heavy atom. The highest BCUT2D eigenvalue weighted by Crippen LogP contribution is 2.27. The SMILES string of the molecule is NC(=O)N1CCNC(=O)C1c1ccc(OC(F)(F)F)cc1. The molecule has 0 aliphatic carbocycles. The summed E-state index contributed by atoms with van der Waals surface area (Å²) in [5, 5.41) is 2.57. The molecular formula is C12H12F3N3O3. The highest BCUT2D eigenvalue weighted by atomic mass is 19.4. The number of piperazine rings is 1. The van der Waals surface area contributed by atoms with Gasteiger partial charge in [-0.2, -0.15) is 0 Å². The Balaban J connectivity index is 2.23. The first-order valence-electron chi connectivity index (χ1n) is 5.97. The first kappa shape index (κ1) is 14.9. The summed E-state index contributed by atoms with van der Waals surface area (Å²) in [7, 11) is 0. The highest BCUT2D eigenvalue weighted by molar-refractivity contribution is 5.88. The standard InChI is InChI=1S/C12H12F3N3O3/c13-12(14,15)21-8-3-1-7(2-4-8)9-10(19)17-5-6-18(9)11(16)20/h1-4,9H,5-6H2,(H2,16,20)(H,17,19). The molecule has 1 heterocycles. The minimum absolute atomic E-state index is 0.229. The normalized spacial score (nSPS) is 19.1. The maximum Gasteiger partial charge on any atom is 0.573 e. The first-order valence-corrected chi connectivity index (χ1v) is 5.97. The molecular weight excluding hydrogens is 291 g/mol. The topological polar surface area (TPSA) is 84.7 Å². The zero-order valence-electron chi connectivity index (χ0n) is 10.7. The lowest BCUT2D eigenvalue weighted by Crippen LogP contribution is -2.53. The molecule has 114 valence electrons. The third-order valence-electron chi connectivity index (χ3n) is 2.92. The fourth-order valence-corrected chi connectivity index (χ4v) is 2.09. The van der Waals surface area contributed by atoms with Gasteiger partial charge >= 0.3 is 12.4 Å². The van der Waals surface area contributed by atoms with Crippen LogP contribution in [-0.4, -0.2) is 36.3 Å². The Hall–Kier alpha value is -2.45. The molecule has 2 rings (SSSR count). The van der Waals surface area contributed by atoms with E-state index in [1.807, 2.05) is 0 Å². The minimum atomic E-state index is -4.79. The lowest BCUT2D eigenvalue weighted by molar-refractivity contribution is -0.274. The van der Waals surface area contributed by atoms with Crippen LogP contribution < -0.4 is 15.8 Å². The van der Waals surface area contributed by atoms with E-state index in [2.05, 4.69) is 10.1 Å². The van der Waals surface area contributed by atoms with Gasteiger partial charge < -0.3 is 20.7 Å². The second-order valence-corrected chi connectivity index (χ2v) is 4.34. The average Bonchev–Trinajstić information content (AvgIpc) is 2.37. The summed E-state index contributed by atoms with van der Waals surface area (Å²) in [6.07, 6.45) is -4.79. The van der Waals surface area contributed by atoms with Crippen LogP contribution in [0.1, 0.15) is 11.6 Å². The summed E-state index contributed by atoms with van der Waals surface area (Å²) in [5.74, 6) is -0.849. The largest absolute Gasteiger partial charge is 0.573 e. The first-order chi connectivity index (χ1) is 9.78. The van der Waals surface area contributed by atoms with Crippen LogP contribution in [-0.2, 0) is 4.79 Å². The van der Waals surface area contributed by atoms with Gasteiger partial charge in [-0.3, -0.25) is 4.79 Å². The maximum atomic E-state index is 12.1. The molecule has 0 aromatic heterocycles. The second-order valence-electron chi connectivity index (χ2n) is 4.34.